The van der Waals surface area contributed by atoms with Gasteiger partial charge >= 0.3 is 0 Å². The first-order valence-corrected chi connectivity index (χ1v) is 7.58. The number of rotatable bonds is 0. The van der Waals surface area contributed by atoms with E-state index in [1.165, 1.54) is 12.8 Å². The third-order valence-electron chi connectivity index (χ3n) is 6.01. The minimum atomic E-state index is -0.0867. The van der Waals surface area contributed by atoms with E-state index in [9.17, 15) is 9.59 Å². The molecule has 3 saturated carbocycles. The lowest BCUT2D eigenvalue weighted by molar-refractivity contribution is -0.139. The molecule has 3 fully saturated rings. The Morgan fingerprint density at radius 3 is 2.39 bits per heavy atom. The van der Waals surface area contributed by atoms with Crippen LogP contribution in [0.3, 0.4) is 0 Å². The molecule has 0 aromatic carbocycles. The van der Waals surface area contributed by atoms with Crippen molar-refractivity contribution in [1.82, 2.24) is 0 Å². The van der Waals surface area contributed by atoms with Crippen LogP contribution in [0, 0.1) is 29.1 Å². The van der Waals surface area contributed by atoms with Gasteiger partial charge in [0.1, 0.15) is 11.6 Å². The Labute approximate surface area is 110 Å². The van der Waals surface area contributed by atoms with Crippen LogP contribution in [-0.4, -0.2) is 11.6 Å². The third-order valence-corrected chi connectivity index (χ3v) is 6.01. The van der Waals surface area contributed by atoms with Crippen molar-refractivity contribution < 1.29 is 9.59 Å². The summed E-state index contributed by atoms with van der Waals surface area (Å²) in [6.07, 6.45) is 7.10. The maximum absolute atomic E-state index is 12.8. The molecular weight excluding hydrogens is 224 g/mol. The van der Waals surface area contributed by atoms with Gasteiger partial charge in [-0.15, -0.1) is 0 Å². The molecule has 0 aromatic heterocycles. The van der Waals surface area contributed by atoms with Crippen LogP contribution in [0.2, 0.25) is 0 Å². The van der Waals surface area contributed by atoms with Gasteiger partial charge < -0.3 is 0 Å². The Kier molecular flexibility index (Phi) is 2.87. The summed E-state index contributed by atoms with van der Waals surface area (Å²) in [5, 5.41) is 0. The average molecular weight is 248 g/mol. The van der Waals surface area contributed by atoms with Gasteiger partial charge in [-0.2, -0.15) is 0 Å². The lowest BCUT2D eigenvalue weighted by Crippen LogP contribution is -2.43. The summed E-state index contributed by atoms with van der Waals surface area (Å²) in [5.41, 5.74) is -0.0867. The second kappa shape index (κ2) is 4.18. The molecule has 0 radical (unpaired) electrons. The fourth-order valence-corrected chi connectivity index (χ4v) is 4.89. The van der Waals surface area contributed by atoms with E-state index in [1.807, 2.05) is 0 Å². The monoisotopic (exact) mass is 248 g/mol. The lowest BCUT2D eigenvalue weighted by atomic mass is 9.62. The molecule has 0 aromatic rings. The van der Waals surface area contributed by atoms with Crippen molar-refractivity contribution >= 4 is 11.6 Å². The summed E-state index contributed by atoms with van der Waals surface area (Å²) < 4.78 is 0. The van der Waals surface area contributed by atoms with E-state index in [0.29, 0.717) is 23.9 Å². The van der Waals surface area contributed by atoms with Gasteiger partial charge in [-0.1, -0.05) is 26.7 Å². The molecule has 0 N–H and O–H groups in total. The van der Waals surface area contributed by atoms with Gasteiger partial charge in [0.05, 0.1) is 0 Å². The van der Waals surface area contributed by atoms with E-state index >= 15 is 0 Å². The Hall–Kier alpha value is -0.660. The highest BCUT2D eigenvalue weighted by Crippen LogP contribution is 2.53. The first-order valence-electron chi connectivity index (χ1n) is 7.58. The first kappa shape index (κ1) is 12.4. The lowest BCUT2D eigenvalue weighted by Gasteiger charge is -2.40. The maximum atomic E-state index is 12.8. The molecule has 18 heavy (non-hydrogen) atoms. The van der Waals surface area contributed by atoms with Crippen LogP contribution >= 0.6 is 0 Å². The summed E-state index contributed by atoms with van der Waals surface area (Å²) in [6.45, 7) is 4.29. The number of fused-ring (bicyclic) bond motifs is 3. The summed E-state index contributed by atoms with van der Waals surface area (Å²) in [4.78, 5) is 25.3. The SMILES string of the molecule is CC1(C)[C@@H]2CC[C@H]1C(=O)[C@H]1CCCC[C@@H]1CC2=O. The molecule has 0 saturated heterocycles. The van der Waals surface area contributed by atoms with Crippen LogP contribution in [-0.2, 0) is 9.59 Å². The number of carbonyl (C=O) groups excluding carboxylic acids is 2. The van der Waals surface area contributed by atoms with Gasteiger partial charge in [-0.3, -0.25) is 9.59 Å². The molecule has 3 aliphatic rings. The average Bonchev–Trinajstić information content (AvgIpc) is 2.65. The predicted octanol–water partition coefficient (Wildman–Crippen LogP) is 3.39. The fraction of sp³-hybridized carbons (Fsp3) is 0.875. The molecule has 2 heteroatoms. The number of hydrogen-bond donors (Lipinski definition) is 0. The topological polar surface area (TPSA) is 34.1 Å². The molecule has 0 aliphatic heterocycles. The van der Waals surface area contributed by atoms with Crippen molar-refractivity contribution in [2.24, 2.45) is 29.1 Å². The fourth-order valence-electron chi connectivity index (χ4n) is 4.89. The van der Waals surface area contributed by atoms with Crippen LogP contribution in [0.1, 0.15) is 58.8 Å². The Morgan fingerprint density at radius 1 is 0.944 bits per heavy atom. The molecular formula is C16H24O2. The van der Waals surface area contributed by atoms with E-state index in [1.54, 1.807) is 0 Å². The van der Waals surface area contributed by atoms with Crippen LogP contribution in [0.15, 0.2) is 0 Å². The van der Waals surface area contributed by atoms with Gasteiger partial charge in [0, 0.05) is 24.2 Å². The van der Waals surface area contributed by atoms with Gasteiger partial charge in [0.2, 0.25) is 0 Å². The second-order valence-corrected chi connectivity index (χ2v) is 7.23. The molecule has 2 bridgehead atoms. The van der Waals surface area contributed by atoms with Crippen molar-refractivity contribution in [3.8, 4) is 0 Å². The molecule has 2 nitrogen and oxygen atoms in total. The smallest absolute Gasteiger partial charge is 0.139 e. The molecule has 100 valence electrons. The number of Topliss-reactive ketones (excluding diaryl/α,β-unsaturated/α-hetero) is 2. The molecule has 3 aliphatic carbocycles. The van der Waals surface area contributed by atoms with Crippen LogP contribution in [0.5, 0.6) is 0 Å². The van der Waals surface area contributed by atoms with Gasteiger partial charge in [-0.05, 0) is 37.0 Å². The molecule has 0 unspecified atom stereocenters. The van der Waals surface area contributed by atoms with Gasteiger partial charge in [-0.25, -0.2) is 0 Å². The van der Waals surface area contributed by atoms with Crippen molar-refractivity contribution in [3.05, 3.63) is 0 Å². The Bertz CT molecular complexity index is 383. The highest BCUT2D eigenvalue weighted by atomic mass is 16.1. The third kappa shape index (κ3) is 1.68. The largest absolute Gasteiger partial charge is 0.299 e. The number of ketones is 2. The molecule has 0 heterocycles. The maximum Gasteiger partial charge on any atom is 0.139 e. The molecule has 4 atom stereocenters. The van der Waals surface area contributed by atoms with E-state index in [-0.39, 0.29) is 23.2 Å². The van der Waals surface area contributed by atoms with Crippen molar-refractivity contribution in [2.45, 2.75) is 58.8 Å². The van der Waals surface area contributed by atoms with Crippen LogP contribution in [0.25, 0.3) is 0 Å². The van der Waals surface area contributed by atoms with Crippen LogP contribution < -0.4 is 0 Å². The Morgan fingerprint density at radius 2 is 1.61 bits per heavy atom. The first-order chi connectivity index (χ1) is 8.51. The predicted molar refractivity (Wildman–Crippen MR) is 70.1 cm³/mol. The van der Waals surface area contributed by atoms with E-state index in [4.69, 9.17) is 0 Å². The van der Waals surface area contributed by atoms with Gasteiger partial charge in [0.15, 0.2) is 0 Å². The molecule has 0 amide bonds. The zero-order chi connectivity index (χ0) is 12.9. The molecule has 3 rings (SSSR count). The highest BCUT2D eigenvalue weighted by Gasteiger charge is 2.53. The summed E-state index contributed by atoms with van der Waals surface area (Å²) in [6, 6.07) is 0. The minimum Gasteiger partial charge on any atom is -0.299 e. The summed E-state index contributed by atoms with van der Waals surface area (Å²) in [7, 11) is 0. The zero-order valence-corrected chi connectivity index (χ0v) is 11.6. The zero-order valence-electron chi connectivity index (χ0n) is 11.6. The second-order valence-electron chi connectivity index (χ2n) is 7.23. The van der Waals surface area contributed by atoms with Gasteiger partial charge in [0.25, 0.3) is 0 Å². The van der Waals surface area contributed by atoms with E-state index < -0.39 is 0 Å². The van der Waals surface area contributed by atoms with E-state index in [0.717, 1.165) is 25.7 Å². The number of hydrogen-bond acceptors (Lipinski definition) is 2. The Balaban J connectivity index is 1.97. The standard InChI is InChI=1S/C16H24O2/c1-16(2)12-7-8-13(16)15(18)11-6-4-3-5-10(11)9-14(12)17/h10-13H,3-9H2,1-2H3/t10-,11+,12-,13+/m1/s1. The molecule has 0 spiro atoms. The normalized spacial score (nSPS) is 43.2. The quantitative estimate of drug-likeness (QED) is 0.658. The van der Waals surface area contributed by atoms with Crippen molar-refractivity contribution in [2.75, 3.05) is 0 Å². The van der Waals surface area contributed by atoms with Crippen molar-refractivity contribution in [1.29, 1.82) is 0 Å². The van der Waals surface area contributed by atoms with E-state index in [2.05, 4.69) is 13.8 Å². The van der Waals surface area contributed by atoms with Crippen molar-refractivity contribution in [3.63, 3.8) is 0 Å². The van der Waals surface area contributed by atoms with Crippen LogP contribution in [0.4, 0.5) is 0 Å². The summed E-state index contributed by atoms with van der Waals surface area (Å²) >= 11 is 0. The minimum absolute atomic E-state index is 0.0867. The summed E-state index contributed by atoms with van der Waals surface area (Å²) in [5.74, 6) is 1.82. The number of carbonyl (C=O) groups is 2. The highest BCUT2D eigenvalue weighted by molar-refractivity contribution is 5.91.